The van der Waals surface area contributed by atoms with Gasteiger partial charge < -0.3 is 14.7 Å². The molecule has 2 rings (SSSR count). The topological polar surface area (TPSA) is 77.4 Å². The van der Waals surface area contributed by atoms with Gasteiger partial charge in [-0.05, 0) is 25.3 Å². The van der Waals surface area contributed by atoms with E-state index in [0.717, 1.165) is 36.4 Å². The minimum Gasteiger partial charge on any atom is -0.872 e. The standard InChI is InChI=1S/C25H46N.C19H28O4/c1-4-5-6-7-8-9-10-11-12-13-14-15-16-20-23-26(2,3)24-25-21-18-17-19-22-25;1-2-3-4-5-6-7-8-9-10-11-17(20)15-12-13-18(21)16(14-15)19(22)23/h17-19,21-22H,4-16,20,23-24H2,1-3H3;12-14,21H,2-11H2,1H3,(H,22,23)/q+1;/p-1. The van der Waals surface area contributed by atoms with Gasteiger partial charge in [0.15, 0.2) is 5.78 Å². The Balaban J connectivity index is 0.000000494. The fourth-order valence-electron chi connectivity index (χ4n) is 6.50. The van der Waals surface area contributed by atoms with Gasteiger partial charge >= 0.3 is 5.97 Å². The molecule has 5 heteroatoms. The number of nitrogens with zero attached hydrogens (tertiary/aromatic N) is 1. The van der Waals surface area contributed by atoms with Crippen LogP contribution in [-0.4, -0.2) is 42.0 Å². The summed E-state index contributed by atoms with van der Waals surface area (Å²) in [7, 11) is 4.74. The molecule has 0 aliphatic heterocycles. The average molecular weight is 680 g/mol. The first-order valence-corrected chi connectivity index (χ1v) is 20.1. The highest BCUT2D eigenvalue weighted by Crippen LogP contribution is 2.19. The van der Waals surface area contributed by atoms with Gasteiger partial charge in [0, 0.05) is 17.5 Å². The van der Waals surface area contributed by atoms with Crippen LogP contribution in [0.2, 0.25) is 0 Å². The van der Waals surface area contributed by atoms with E-state index in [4.69, 9.17) is 5.11 Å². The third-order valence-corrected chi connectivity index (χ3v) is 9.61. The van der Waals surface area contributed by atoms with E-state index in [0.29, 0.717) is 12.0 Å². The predicted octanol–water partition coefficient (Wildman–Crippen LogP) is 12.3. The highest BCUT2D eigenvalue weighted by molar-refractivity contribution is 5.99. The number of hydrogen-bond acceptors (Lipinski definition) is 3. The van der Waals surface area contributed by atoms with Crippen molar-refractivity contribution in [2.45, 2.75) is 174 Å². The van der Waals surface area contributed by atoms with Crippen molar-refractivity contribution in [1.29, 1.82) is 0 Å². The van der Waals surface area contributed by atoms with E-state index in [2.05, 4.69) is 58.3 Å². The Morgan fingerprint density at radius 1 is 0.592 bits per heavy atom. The number of ketones is 1. The minimum absolute atomic E-state index is 0.0876. The molecule has 49 heavy (non-hydrogen) atoms. The van der Waals surface area contributed by atoms with Crippen molar-refractivity contribution in [2.24, 2.45) is 0 Å². The number of carbonyl (C=O) groups is 2. The molecule has 0 atom stereocenters. The van der Waals surface area contributed by atoms with Crippen LogP contribution in [0.3, 0.4) is 0 Å². The van der Waals surface area contributed by atoms with Gasteiger partial charge in [0.25, 0.3) is 0 Å². The number of aromatic carboxylic acids is 1. The van der Waals surface area contributed by atoms with Gasteiger partial charge in [0.05, 0.1) is 26.2 Å². The molecular formula is C44H73NO4. The van der Waals surface area contributed by atoms with Gasteiger partial charge in [-0.1, -0.05) is 190 Å². The molecule has 0 radical (unpaired) electrons. The van der Waals surface area contributed by atoms with E-state index in [1.54, 1.807) is 0 Å². The molecule has 0 saturated heterocycles. The quantitative estimate of drug-likeness (QED) is 0.0527. The largest absolute Gasteiger partial charge is 0.872 e. The smallest absolute Gasteiger partial charge is 0.335 e. The second-order valence-corrected chi connectivity index (χ2v) is 14.9. The molecule has 2 aromatic rings. The number of unbranched alkanes of at least 4 members (excludes halogenated alkanes) is 21. The number of carbonyl (C=O) groups excluding carboxylic acids is 1. The maximum Gasteiger partial charge on any atom is 0.335 e. The van der Waals surface area contributed by atoms with E-state index in [9.17, 15) is 14.7 Å². The Labute approximate surface area is 301 Å². The van der Waals surface area contributed by atoms with Gasteiger partial charge in [-0.25, -0.2) is 4.79 Å². The number of rotatable bonds is 29. The predicted molar refractivity (Wildman–Crippen MR) is 206 cm³/mol. The zero-order chi connectivity index (χ0) is 36.0. The number of hydrogen-bond donors (Lipinski definition) is 1. The molecular weight excluding hydrogens is 606 g/mol. The molecule has 0 aliphatic carbocycles. The lowest BCUT2D eigenvalue weighted by Gasteiger charge is -2.30. The fourth-order valence-corrected chi connectivity index (χ4v) is 6.50. The molecule has 0 aromatic heterocycles. The van der Waals surface area contributed by atoms with Crippen LogP contribution in [0.15, 0.2) is 48.5 Å². The number of carboxylic acids is 1. The summed E-state index contributed by atoms with van der Waals surface area (Å²) >= 11 is 0. The monoisotopic (exact) mass is 680 g/mol. The summed E-state index contributed by atoms with van der Waals surface area (Å²) in [6.07, 6.45) is 31.2. The molecule has 0 unspecified atom stereocenters. The van der Waals surface area contributed by atoms with Crippen molar-refractivity contribution in [2.75, 3.05) is 20.6 Å². The molecule has 0 fully saturated rings. The molecule has 0 aliphatic rings. The molecule has 5 nitrogen and oxygen atoms in total. The van der Waals surface area contributed by atoms with Gasteiger partial charge in [0.2, 0.25) is 0 Å². The number of carboxylic acid groups (broad SMARTS) is 1. The molecule has 0 amide bonds. The van der Waals surface area contributed by atoms with E-state index >= 15 is 0 Å². The van der Waals surface area contributed by atoms with Crippen LogP contribution in [0.1, 0.15) is 194 Å². The third kappa shape index (κ3) is 24.2. The van der Waals surface area contributed by atoms with Crippen LogP contribution in [0.4, 0.5) is 0 Å². The Bertz CT molecular complexity index is 1100. The number of benzene rings is 2. The van der Waals surface area contributed by atoms with Crippen molar-refractivity contribution < 1.29 is 24.3 Å². The van der Waals surface area contributed by atoms with E-state index in [1.807, 2.05) is 0 Å². The third-order valence-electron chi connectivity index (χ3n) is 9.61. The minimum atomic E-state index is -1.28. The number of quaternary nitrogens is 1. The van der Waals surface area contributed by atoms with Crippen LogP contribution < -0.4 is 5.11 Å². The zero-order valence-electron chi connectivity index (χ0n) is 32.1. The Morgan fingerprint density at radius 2 is 1.02 bits per heavy atom. The van der Waals surface area contributed by atoms with Gasteiger partial charge in [0.1, 0.15) is 6.54 Å². The lowest BCUT2D eigenvalue weighted by molar-refractivity contribution is -0.903. The van der Waals surface area contributed by atoms with E-state index < -0.39 is 11.7 Å². The van der Waals surface area contributed by atoms with Crippen molar-refractivity contribution in [3.05, 3.63) is 65.2 Å². The van der Waals surface area contributed by atoms with Gasteiger partial charge in [-0.3, -0.25) is 4.79 Å². The zero-order valence-corrected chi connectivity index (χ0v) is 32.1. The van der Waals surface area contributed by atoms with Crippen molar-refractivity contribution >= 4 is 11.8 Å². The second-order valence-electron chi connectivity index (χ2n) is 14.9. The summed E-state index contributed by atoms with van der Waals surface area (Å²) in [4.78, 5) is 23.0. The van der Waals surface area contributed by atoms with E-state index in [1.165, 1.54) is 153 Å². The van der Waals surface area contributed by atoms with Crippen molar-refractivity contribution in [3.63, 3.8) is 0 Å². The van der Waals surface area contributed by atoms with Crippen LogP contribution in [-0.2, 0) is 6.54 Å². The molecule has 2 aromatic carbocycles. The molecule has 0 spiro atoms. The fraction of sp³-hybridized carbons (Fsp3) is 0.682. The maximum atomic E-state index is 12.0. The summed E-state index contributed by atoms with van der Waals surface area (Å²) in [6.45, 7) is 6.96. The number of Topliss-reactive ketones (excluding diaryl/α,β-unsaturated/α-hetero) is 1. The highest BCUT2D eigenvalue weighted by Gasteiger charge is 2.15. The molecule has 0 bridgehead atoms. The van der Waals surface area contributed by atoms with E-state index in [-0.39, 0.29) is 11.3 Å². The maximum absolute atomic E-state index is 12.0. The summed E-state index contributed by atoms with van der Waals surface area (Å²) in [5.41, 5.74) is 1.45. The van der Waals surface area contributed by atoms with Crippen LogP contribution in [0.5, 0.6) is 5.75 Å². The van der Waals surface area contributed by atoms with Crippen LogP contribution >= 0.6 is 0 Å². The SMILES string of the molecule is CCCCCCCCCCCC(=O)c1ccc([O-])c(C(=O)O)c1.CCCCCCCCCCCCCCCC[N+](C)(C)Cc1ccccc1. The molecule has 0 heterocycles. The Hall–Kier alpha value is -2.66. The lowest BCUT2D eigenvalue weighted by atomic mass is 10.0. The van der Waals surface area contributed by atoms with Crippen LogP contribution in [0, 0.1) is 0 Å². The summed E-state index contributed by atoms with van der Waals surface area (Å²) in [5, 5.41) is 20.3. The first-order chi connectivity index (χ1) is 23.7. The Kier molecular flexibility index (Phi) is 26.4. The van der Waals surface area contributed by atoms with Crippen molar-refractivity contribution in [3.8, 4) is 5.75 Å². The summed E-state index contributed by atoms with van der Waals surface area (Å²) in [5.74, 6) is -1.93. The normalized spacial score (nSPS) is 11.3. The summed E-state index contributed by atoms with van der Waals surface area (Å²) < 4.78 is 1.11. The van der Waals surface area contributed by atoms with Gasteiger partial charge in [-0.2, -0.15) is 0 Å². The van der Waals surface area contributed by atoms with Crippen LogP contribution in [0.25, 0.3) is 0 Å². The second kappa shape index (κ2) is 29.1. The average Bonchev–Trinajstić information content (AvgIpc) is 3.08. The highest BCUT2D eigenvalue weighted by atomic mass is 16.4. The van der Waals surface area contributed by atoms with Crippen molar-refractivity contribution in [1.82, 2.24) is 0 Å². The first kappa shape index (κ1) is 44.4. The Morgan fingerprint density at radius 3 is 1.47 bits per heavy atom. The molecule has 1 N–H and O–H groups in total. The lowest BCUT2D eigenvalue weighted by Crippen LogP contribution is -2.39. The molecule has 278 valence electrons. The first-order valence-electron chi connectivity index (χ1n) is 20.1. The summed E-state index contributed by atoms with van der Waals surface area (Å²) in [6, 6.07) is 14.7. The van der Waals surface area contributed by atoms with Gasteiger partial charge in [-0.15, -0.1) is 0 Å². The molecule has 0 saturated carbocycles.